The van der Waals surface area contributed by atoms with Crippen molar-refractivity contribution in [2.75, 3.05) is 5.32 Å². The number of phenols is 1. The monoisotopic (exact) mass is 375 g/mol. The second kappa shape index (κ2) is 6.99. The van der Waals surface area contributed by atoms with Crippen LogP contribution in [0.4, 0.5) is 11.4 Å². The molecule has 0 spiro atoms. The van der Waals surface area contributed by atoms with Crippen LogP contribution in [-0.4, -0.2) is 25.0 Å². The molecule has 1 atom stereocenters. The molecular formula is C20H17N5O3. The molecule has 0 radical (unpaired) electrons. The molecule has 0 unspecified atom stereocenters. The van der Waals surface area contributed by atoms with E-state index >= 15 is 0 Å². The lowest BCUT2D eigenvalue weighted by atomic mass is 10.1. The lowest BCUT2D eigenvalue weighted by Gasteiger charge is -2.23. The molecule has 1 aromatic heterocycles. The molecule has 28 heavy (non-hydrogen) atoms. The van der Waals surface area contributed by atoms with Gasteiger partial charge in [-0.2, -0.15) is 0 Å². The summed E-state index contributed by atoms with van der Waals surface area (Å²) in [6.07, 6.45) is -0.701. The van der Waals surface area contributed by atoms with Crippen LogP contribution < -0.4 is 5.32 Å². The molecule has 0 saturated carbocycles. The van der Waals surface area contributed by atoms with E-state index in [2.05, 4.69) is 15.6 Å². The number of non-ortho nitro benzene ring substituents is 1. The number of nitro groups is 1. The van der Waals surface area contributed by atoms with E-state index in [1.165, 1.54) is 18.2 Å². The second-order valence-electron chi connectivity index (χ2n) is 6.38. The average Bonchev–Trinajstić information content (AvgIpc) is 3.12. The second-order valence-corrected chi connectivity index (χ2v) is 6.38. The number of aromatic nitrogens is 3. The summed E-state index contributed by atoms with van der Waals surface area (Å²) in [6.45, 7) is 1.95. The molecule has 0 bridgehead atoms. The summed E-state index contributed by atoms with van der Waals surface area (Å²) in [4.78, 5) is 10.8. The minimum atomic E-state index is -0.701. The van der Waals surface area contributed by atoms with Crippen molar-refractivity contribution in [3.05, 3.63) is 88.0 Å². The zero-order chi connectivity index (χ0) is 19.7. The standard InChI is InChI=1S/C20H17N5O3/c1-13-6-2-3-7-16(13)21-20(15-12-14(25(27)28)10-11-19(15)26)24-18-9-5-4-8-17(18)22-23-24/h2-12,20-21,26H,1H3/t20-/m1/s1. The normalized spacial score (nSPS) is 12.0. The number of aromatic hydroxyl groups is 1. The third-order valence-electron chi connectivity index (χ3n) is 4.58. The van der Waals surface area contributed by atoms with Crippen molar-refractivity contribution in [1.82, 2.24) is 15.0 Å². The Morgan fingerprint density at radius 2 is 1.86 bits per heavy atom. The first-order chi connectivity index (χ1) is 13.5. The number of para-hydroxylation sites is 2. The fraction of sp³-hybridized carbons (Fsp3) is 0.100. The molecule has 140 valence electrons. The van der Waals surface area contributed by atoms with Gasteiger partial charge in [-0.05, 0) is 36.8 Å². The number of anilines is 1. The van der Waals surface area contributed by atoms with Crippen LogP contribution in [0.5, 0.6) is 5.75 Å². The maximum atomic E-state index is 11.3. The van der Waals surface area contributed by atoms with Crippen LogP contribution in [0, 0.1) is 17.0 Å². The summed E-state index contributed by atoms with van der Waals surface area (Å²) in [5, 5.41) is 33.5. The molecular weight excluding hydrogens is 358 g/mol. The lowest BCUT2D eigenvalue weighted by Crippen LogP contribution is -2.21. The zero-order valence-electron chi connectivity index (χ0n) is 15.0. The molecule has 2 N–H and O–H groups in total. The summed E-state index contributed by atoms with van der Waals surface area (Å²) in [6, 6.07) is 19.0. The first-order valence-electron chi connectivity index (χ1n) is 8.64. The molecule has 0 amide bonds. The van der Waals surface area contributed by atoms with E-state index in [0.29, 0.717) is 11.1 Å². The van der Waals surface area contributed by atoms with Gasteiger partial charge in [0.05, 0.1) is 10.4 Å². The molecule has 3 aromatic carbocycles. The van der Waals surface area contributed by atoms with Gasteiger partial charge in [-0.1, -0.05) is 35.5 Å². The molecule has 0 fully saturated rings. The molecule has 4 rings (SSSR count). The van der Waals surface area contributed by atoms with E-state index in [1.54, 1.807) is 4.68 Å². The van der Waals surface area contributed by atoms with E-state index in [4.69, 9.17) is 0 Å². The predicted octanol–water partition coefficient (Wildman–Crippen LogP) is 4.01. The summed E-state index contributed by atoms with van der Waals surface area (Å²) >= 11 is 0. The maximum Gasteiger partial charge on any atom is 0.270 e. The molecule has 8 heteroatoms. The van der Waals surface area contributed by atoms with Crippen LogP contribution in [0.15, 0.2) is 66.7 Å². The number of nitro benzene ring substituents is 1. The van der Waals surface area contributed by atoms with Gasteiger partial charge in [0.2, 0.25) is 0 Å². The zero-order valence-corrected chi connectivity index (χ0v) is 15.0. The van der Waals surface area contributed by atoms with Crippen molar-refractivity contribution >= 4 is 22.4 Å². The number of phenolic OH excluding ortho intramolecular Hbond substituents is 1. The summed E-state index contributed by atoms with van der Waals surface area (Å²) in [5.41, 5.74) is 3.44. The van der Waals surface area contributed by atoms with Crippen molar-refractivity contribution in [1.29, 1.82) is 0 Å². The third-order valence-corrected chi connectivity index (χ3v) is 4.58. The lowest BCUT2D eigenvalue weighted by molar-refractivity contribution is -0.385. The van der Waals surface area contributed by atoms with Crippen molar-refractivity contribution in [3.8, 4) is 5.75 Å². The number of rotatable bonds is 5. The highest BCUT2D eigenvalue weighted by Gasteiger charge is 2.24. The Morgan fingerprint density at radius 3 is 2.64 bits per heavy atom. The first-order valence-corrected chi connectivity index (χ1v) is 8.64. The average molecular weight is 375 g/mol. The minimum Gasteiger partial charge on any atom is -0.508 e. The van der Waals surface area contributed by atoms with Gasteiger partial charge in [-0.25, -0.2) is 4.68 Å². The topological polar surface area (TPSA) is 106 Å². The number of nitrogens with zero attached hydrogens (tertiary/aromatic N) is 4. The van der Waals surface area contributed by atoms with Crippen LogP contribution >= 0.6 is 0 Å². The number of hydrogen-bond acceptors (Lipinski definition) is 6. The Kier molecular flexibility index (Phi) is 4.36. The minimum absolute atomic E-state index is 0.0729. The van der Waals surface area contributed by atoms with Gasteiger partial charge in [0.25, 0.3) is 5.69 Å². The van der Waals surface area contributed by atoms with E-state index in [1.807, 2.05) is 55.5 Å². The van der Waals surface area contributed by atoms with Gasteiger partial charge in [0.15, 0.2) is 6.17 Å². The highest BCUT2D eigenvalue weighted by Crippen LogP contribution is 2.33. The Bertz CT molecular complexity index is 1170. The SMILES string of the molecule is Cc1ccccc1N[C@@H](c1cc([N+](=O)[O-])ccc1O)n1nnc2ccccc21. The van der Waals surface area contributed by atoms with Crippen LogP contribution in [0.3, 0.4) is 0 Å². The largest absolute Gasteiger partial charge is 0.508 e. The summed E-state index contributed by atoms with van der Waals surface area (Å²) < 4.78 is 1.61. The van der Waals surface area contributed by atoms with Crippen LogP contribution in [0.2, 0.25) is 0 Å². The molecule has 0 aliphatic heterocycles. The molecule has 4 aromatic rings. The van der Waals surface area contributed by atoms with E-state index in [0.717, 1.165) is 16.8 Å². The Morgan fingerprint density at radius 1 is 1.11 bits per heavy atom. The first kappa shape index (κ1) is 17.5. The van der Waals surface area contributed by atoms with Crippen LogP contribution in [-0.2, 0) is 0 Å². The van der Waals surface area contributed by atoms with Crippen molar-refractivity contribution in [2.45, 2.75) is 13.1 Å². The fourth-order valence-electron chi connectivity index (χ4n) is 3.10. The van der Waals surface area contributed by atoms with Gasteiger partial charge in [0, 0.05) is 23.4 Å². The van der Waals surface area contributed by atoms with Gasteiger partial charge < -0.3 is 10.4 Å². The summed E-state index contributed by atoms with van der Waals surface area (Å²) in [5.74, 6) is -0.0729. The van der Waals surface area contributed by atoms with Crippen molar-refractivity contribution in [2.24, 2.45) is 0 Å². The number of aryl methyl sites for hydroxylation is 1. The van der Waals surface area contributed by atoms with Gasteiger partial charge in [-0.15, -0.1) is 5.10 Å². The highest BCUT2D eigenvalue weighted by atomic mass is 16.6. The predicted molar refractivity (Wildman–Crippen MR) is 105 cm³/mol. The number of nitrogens with one attached hydrogen (secondary N) is 1. The molecule has 8 nitrogen and oxygen atoms in total. The molecule has 0 aliphatic rings. The van der Waals surface area contributed by atoms with Crippen LogP contribution in [0.1, 0.15) is 17.3 Å². The van der Waals surface area contributed by atoms with Crippen LogP contribution in [0.25, 0.3) is 11.0 Å². The van der Waals surface area contributed by atoms with Crippen molar-refractivity contribution in [3.63, 3.8) is 0 Å². The fourth-order valence-corrected chi connectivity index (χ4v) is 3.10. The van der Waals surface area contributed by atoms with E-state index < -0.39 is 11.1 Å². The smallest absolute Gasteiger partial charge is 0.270 e. The highest BCUT2D eigenvalue weighted by molar-refractivity contribution is 5.74. The van der Waals surface area contributed by atoms with Crippen molar-refractivity contribution < 1.29 is 10.0 Å². The maximum absolute atomic E-state index is 11.3. The molecule has 0 saturated heterocycles. The Labute approximate surface area is 160 Å². The third kappa shape index (κ3) is 3.11. The Hall–Kier alpha value is -3.94. The quantitative estimate of drug-likeness (QED) is 0.403. The van der Waals surface area contributed by atoms with E-state index in [9.17, 15) is 15.2 Å². The summed E-state index contributed by atoms with van der Waals surface area (Å²) in [7, 11) is 0. The number of hydrogen-bond donors (Lipinski definition) is 2. The van der Waals surface area contributed by atoms with Gasteiger partial charge in [-0.3, -0.25) is 10.1 Å². The number of benzene rings is 3. The Balaban J connectivity index is 1.91. The number of fused-ring (bicyclic) bond motifs is 1. The van der Waals surface area contributed by atoms with Gasteiger partial charge >= 0.3 is 0 Å². The van der Waals surface area contributed by atoms with E-state index in [-0.39, 0.29) is 11.4 Å². The molecule has 0 aliphatic carbocycles. The molecule has 1 heterocycles. The van der Waals surface area contributed by atoms with Gasteiger partial charge in [0.1, 0.15) is 11.3 Å².